The summed E-state index contributed by atoms with van der Waals surface area (Å²) in [6.45, 7) is 5.41. The molecule has 0 aromatic carbocycles. The number of nitrogens with one attached hydrogen (secondary N) is 1. The van der Waals surface area contributed by atoms with Crippen molar-refractivity contribution in [3.05, 3.63) is 33.5 Å². The van der Waals surface area contributed by atoms with Gasteiger partial charge in [-0.2, -0.15) is 0 Å². The topological polar surface area (TPSA) is 68.9 Å². The monoisotopic (exact) mass is 210 g/mol. The molecule has 6 heteroatoms. The number of aryl methyl sites for hydroxylation is 1. The Bertz CT molecular complexity index is 486. The van der Waals surface area contributed by atoms with Crippen LogP contribution >= 0.6 is 0 Å². The summed E-state index contributed by atoms with van der Waals surface area (Å²) < 4.78 is 2.12. The lowest BCUT2D eigenvalue weighted by Crippen LogP contribution is -2.40. The first-order valence-electron chi connectivity index (χ1n) is 4.50. The molecule has 82 valence electrons. The lowest BCUT2D eigenvalue weighted by atomic mass is 10.3. The zero-order valence-corrected chi connectivity index (χ0v) is 9.02. The van der Waals surface area contributed by atoms with Crippen LogP contribution in [0.1, 0.15) is 6.92 Å². The molecule has 0 fully saturated rings. The third kappa shape index (κ3) is 2.15. The molecule has 1 heterocycles. The molecule has 0 aliphatic heterocycles. The van der Waals surface area contributed by atoms with Gasteiger partial charge in [0.25, 0.3) is 5.56 Å². The molecule has 0 aliphatic rings. The Morgan fingerprint density at radius 1 is 1.47 bits per heavy atom. The van der Waals surface area contributed by atoms with Crippen LogP contribution in [0, 0.1) is 0 Å². The van der Waals surface area contributed by atoms with Crippen molar-refractivity contribution < 1.29 is 0 Å². The average Bonchev–Trinajstić information content (AvgIpc) is 2.22. The Morgan fingerprint density at radius 2 is 2.07 bits per heavy atom. The maximum absolute atomic E-state index is 11.6. The number of anilines is 1. The SMILES string of the molecule is C=CC(C)Nc1nn(C)c(=O)n(C)c1=O. The Hall–Kier alpha value is -1.85. The second-order valence-electron chi connectivity index (χ2n) is 3.29. The van der Waals surface area contributed by atoms with Crippen molar-refractivity contribution in [3.63, 3.8) is 0 Å². The molecule has 0 spiro atoms. The minimum absolute atomic E-state index is 0.0808. The molecule has 0 radical (unpaired) electrons. The highest BCUT2D eigenvalue weighted by Gasteiger charge is 2.09. The molecule has 0 saturated heterocycles. The number of hydrogen-bond acceptors (Lipinski definition) is 4. The molecular weight excluding hydrogens is 196 g/mol. The fraction of sp³-hybridized carbons (Fsp3) is 0.444. The summed E-state index contributed by atoms with van der Waals surface area (Å²) in [5.74, 6) is 0.145. The van der Waals surface area contributed by atoms with Gasteiger partial charge in [-0.3, -0.25) is 9.36 Å². The predicted molar refractivity (Wildman–Crippen MR) is 58.0 cm³/mol. The van der Waals surface area contributed by atoms with E-state index in [9.17, 15) is 9.59 Å². The van der Waals surface area contributed by atoms with Crippen LogP contribution in [0.5, 0.6) is 0 Å². The molecule has 15 heavy (non-hydrogen) atoms. The molecular formula is C9H14N4O2. The van der Waals surface area contributed by atoms with E-state index < -0.39 is 11.2 Å². The smallest absolute Gasteiger partial charge is 0.346 e. The highest BCUT2D eigenvalue weighted by molar-refractivity contribution is 5.32. The second-order valence-corrected chi connectivity index (χ2v) is 3.29. The first kappa shape index (κ1) is 11.2. The molecule has 6 nitrogen and oxygen atoms in total. The van der Waals surface area contributed by atoms with Crippen molar-refractivity contribution in [1.82, 2.24) is 14.3 Å². The molecule has 1 atom stereocenters. The summed E-state index contributed by atoms with van der Waals surface area (Å²) in [7, 11) is 2.90. The van der Waals surface area contributed by atoms with Gasteiger partial charge in [-0.25, -0.2) is 9.48 Å². The van der Waals surface area contributed by atoms with Crippen molar-refractivity contribution in [2.45, 2.75) is 13.0 Å². The third-order valence-electron chi connectivity index (χ3n) is 2.04. The summed E-state index contributed by atoms with van der Waals surface area (Å²) in [6.07, 6.45) is 1.65. The van der Waals surface area contributed by atoms with E-state index in [4.69, 9.17) is 0 Å². The summed E-state index contributed by atoms with van der Waals surface area (Å²) in [6, 6.07) is -0.0808. The Balaban J connectivity index is 3.27. The van der Waals surface area contributed by atoms with Crippen molar-refractivity contribution in [2.24, 2.45) is 14.1 Å². The van der Waals surface area contributed by atoms with Crippen LogP contribution in [0.2, 0.25) is 0 Å². The quantitative estimate of drug-likeness (QED) is 0.681. The van der Waals surface area contributed by atoms with Gasteiger partial charge in [0.15, 0.2) is 0 Å². The van der Waals surface area contributed by atoms with Crippen LogP contribution in [0.25, 0.3) is 0 Å². The number of rotatable bonds is 3. The maximum atomic E-state index is 11.6. The number of aromatic nitrogens is 3. The number of hydrogen-bond donors (Lipinski definition) is 1. The lowest BCUT2D eigenvalue weighted by molar-refractivity contribution is 0.603. The molecule has 0 aliphatic carbocycles. The van der Waals surface area contributed by atoms with Gasteiger partial charge in [0, 0.05) is 20.1 Å². The van der Waals surface area contributed by atoms with E-state index in [1.807, 2.05) is 6.92 Å². The summed E-state index contributed by atoms with van der Waals surface area (Å²) in [5.41, 5.74) is -0.886. The highest BCUT2D eigenvalue weighted by atomic mass is 16.2. The first-order valence-corrected chi connectivity index (χ1v) is 4.50. The predicted octanol–water partition coefficient (Wildman–Crippen LogP) is -0.535. The van der Waals surface area contributed by atoms with Gasteiger partial charge in [0.05, 0.1) is 0 Å². The second kappa shape index (κ2) is 4.12. The van der Waals surface area contributed by atoms with Crippen LogP contribution in [0.15, 0.2) is 22.2 Å². The van der Waals surface area contributed by atoms with Gasteiger partial charge in [-0.15, -0.1) is 11.7 Å². The normalized spacial score (nSPS) is 12.2. The van der Waals surface area contributed by atoms with Gasteiger partial charge >= 0.3 is 5.69 Å². The molecule has 1 aromatic rings. The van der Waals surface area contributed by atoms with Crippen molar-refractivity contribution >= 4 is 5.82 Å². The Kier molecular flexibility index (Phi) is 3.08. The Morgan fingerprint density at radius 3 is 2.60 bits per heavy atom. The van der Waals surface area contributed by atoms with Gasteiger partial charge in [0.1, 0.15) is 0 Å². The minimum atomic E-state index is -0.447. The van der Waals surface area contributed by atoms with Gasteiger partial charge in [-0.1, -0.05) is 6.08 Å². The molecule has 1 rings (SSSR count). The van der Waals surface area contributed by atoms with E-state index in [1.165, 1.54) is 14.1 Å². The Labute approximate surface area is 86.9 Å². The summed E-state index contributed by atoms with van der Waals surface area (Å²) in [4.78, 5) is 22.9. The fourth-order valence-corrected chi connectivity index (χ4v) is 1.06. The summed E-state index contributed by atoms with van der Waals surface area (Å²) in [5, 5.41) is 6.68. The van der Waals surface area contributed by atoms with E-state index in [0.717, 1.165) is 9.25 Å². The van der Waals surface area contributed by atoms with Gasteiger partial charge < -0.3 is 5.32 Å². The summed E-state index contributed by atoms with van der Waals surface area (Å²) >= 11 is 0. The van der Waals surface area contributed by atoms with Crippen LogP contribution in [0.3, 0.4) is 0 Å². The van der Waals surface area contributed by atoms with E-state index in [2.05, 4.69) is 17.0 Å². The standard InChI is InChI=1S/C9H14N4O2/c1-5-6(2)10-7-8(14)12(3)9(15)13(4)11-7/h5-6H,1H2,2-4H3,(H,10,11). The molecule has 0 amide bonds. The minimum Gasteiger partial charge on any atom is -0.358 e. The largest absolute Gasteiger partial charge is 0.358 e. The fourth-order valence-electron chi connectivity index (χ4n) is 1.06. The van der Waals surface area contributed by atoms with Crippen LogP contribution < -0.4 is 16.6 Å². The zero-order chi connectivity index (χ0) is 11.6. The van der Waals surface area contributed by atoms with E-state index in [1.54, 1.807) is 6.08 Å². The molecule has 1 unspecified atom stereocenters. The van der Waals surface area contributed by atoms with Gasteiger partial charge in [-0.05, 0) is 6.92 Å². The van der Waals surface area contributed by atoms with Crippen molar-refractivity contribution in [3.8, 4) is 0 Å². The highest BCUT2D eigenvalue weighted by Crippen LogP contribution is 1.94. The van der Waals surface area contributed by atoms with E-state index in [0.29, 0.717) is 0 Å². The molecule has 0 bridgehead atoms. The van der Waals surface area contributed by atoms with Crippen LogP contribution in [-0.4, -0.2) is 20.4 Å². The molecule has 0 saturated carbocycles. The van der Waals surface area contributed by atoms with Gasteiger partial charge in [0.2, 0.25) is 5.82 Å². The lowest BCUT2D eigenvalue weighted by Gasteiger charge is -2.10. The van der Waals surface area contributed by atoms with Crippen LogP contribution in [-0.2, 0) is 14.1 Å². The average molecular weight is 210 g/mol. The number of nitrogens with zero attached hydrogens (tertiary/aromatic N) is 3. The van der Waals surface area contributed by atoms with Crippen LogP contribution in [0.4, 0.5) is 5.82 Å². The van der Waals surface area contributed by atoms with E-state index >= 15 is 0 Å². The van der Waals surface area contributed by atoms with E-state index in [-0.39, 0.29) is 11.9 Å². The first-order chi connectivity index (χ1) is 6.97. The zero-order valence-electron chi connectivity index (χ0n) is 9.02. The maximum Gasteiger partial charge on any atom is 0.346 e. The van der Waals surface area contributed by atoms with Crippen molar-refractivity contribution in [1.29, 1.82) is 0 Å². The molecule has 1 N–H and O–H groups in total. The molecule has 1 aromatic heterocycles. The third-order valence-corrected chi connectivity index (χ3v) is 2.04. The van der Waals surface area contributed by atoms with Crippen molar-refractivity contribution in [2.75, 3.05) is 5.32 Å².